The topological polar surface area (TPSA) is 146 Å². The van der Waals surface area contributed by atoms with Crippen molar-refractivity contribution in [2.75, 3.05) is 52.0 Å². The van der Waals surface area contributed by atoms with Crippen LogP contribution in [0.15, 0.2) is 84.0 Å². The van der Waals surface area contributed by atoms with Gasteiger partial charge in [0.25, 0.3) is 0 Å². The van der Waals surface area contributed by atoms with Gasteiger partial charge in [0.05, 0.1) is 33.0 Å². The summed E-state index contributed by atoms with van der Waals surface area (Å²) in [6.07, 6.45) is 17.3. The van der Waals surface area contributed by atoms with E-state index in [0.29, 0.717) is 38.9 Å². The molecule has 0 aromatic heterocycles. The third-order valence-corrected chi connectivity index (χ3v) is 13.8. The lowest BCUT2D eigenvalue weighted by Gasteiger charge is -2.38. The third-order valence-electron chi connectivity index (χ3n) is 11.3. The largest absolute Gasteiger partial charge is 0.497 e. The SMILES string of the molecule is COc1ccc(C(OC[C@@H]2C[C@@H](O)CN2C(=O)CCCSSCCNC(=O)CCCCCCCCCCCCCCCN=[N+]=[N-])(c2ccccc2)c2ccc(OC)cc2)cc1. The fourth-order valence-electron chi connectivity index (χ4n) is 7.97. The molecule has 2 amide bonds. The Morgan fingerprint density at radius 1 is 0.738 bits per heavy atom. The zero-order valence-corrected chi connectivity index (χ0v) is 38.2. The Hall–Kier alpha value is -3.87. The normalized spacial score (nSPS) is 15.0. The number of nitrogens with one attached hydrogen (secondary N) is 1. The number of unbranched alkanes of at least 4 members (excludes halogenated alkanes) is 12. The maximum Gasteiger partial charge on any atom is 0.223 e. The van der Waals surface area contributed by atoms with E-state index in [1.807, 2.05) is 66.7 Å². The number of nitrogens with zero attached hydrogens (tertiary/aromatic N) is 4. The van der Waals surface area contributed by atoms with Gasteiger partial charge in [0, 0.05) is 48.9 Å². The summed E-state index contributed by atoms with van der Waals surface area (Å²) < 4.78 is 18.0. The second-order valence-corrected chi connectivity index (χ2v) is 18.5. The number of carbonyl (C=O) groups is 2. The zero-order chi connectivity index (χ0) is 43.4. The standard InChI is InChI=1S/C48H69N5O6S2/c1-57-44-28-24-40(25-29-44)48(39-20-15-14-16-21-39,41-26-30-45(58-2)31-27-41)59-38-42-36-43(54)37-53(42)47(56)23-19-34-60-61-35-33-50-46(55)22-17-12-10-8-6-4-3-5-7-9-11-13-18-32-51-52-49/h14-16,20-21,24-31,42-43,54H,3-13,17-19,22-23,32-38H2,1-2H3,(H,50,55)/t42-,43+/m0/s1. The molecule has 3 aromatic carbocycles. The van der Waals surface area contributed by atoms with Gasteiger partial charge in [-0.25, -0.2) is 0 Å². The number of methoxy groups -OCH3 is 2. The highest BCUT2D eigenvalue weighted by Gasteiger charge is 2.41. The Balaban J connectivity index is 1.11. The predicted octanol–water partition coefficient (Wildman–Crippen LogP) is 11.0. The lowest BCUT2D eigenvalue weighted by Crippen LogP contribution is -2.42. The van der Waals surface area contributed by atoms with Gasteiger partial charge in [-0.15, -0.1) is 0 Å². The molecule has 4 rings (SSSR count). The Labute approximate surface area is 372 Å². The molecule has 1 heterocycles. The van der Waals surface area contributed by atoms with Gasteiger partial charge >= 0.3 is 0 Å². The lowest BCUT2D eigenvalue weighted by molar-refractivity contribution is -0.134. The first-order valence-corrected chi connectivity index (χ1v) is 24.9. The predicted molar refractivity (Wildman–Crippen MR) is 250 cm³/mol. The number of ether oxygens (including phenoxy) is 3. The summed E-state index contributed by atoms with van der Waals surface area (Å²) in [4.78, 5) is 30.5. The van der Waals surface area contributed by atoms with Gasteiger partial charge in [-0.05, 0) is 72.2 Å². The maximum atomic E-state index is 13.6. The number of hydrogen-bond acceptors (Lipinski definition) is 9. The lowest BCUT2D eigenvalue weighted by atomic mass is 9.80. The summed E-state index contributed by atoms with van der Waals surface area (Å²) in [6, 6.07) is 25.6. The van der Waals surface area contributed by atoms with E-state index in [0.717, 1.165) is 71.8 Å². The number of hydrogen-bond donors (Lipinski definition) is 2. The minimum Gasteiger partial charge on any atom is -0.497 e. The van der Waals surface area contributed by atoms with Crippen molar-refractivity contribution in [2.24, 2.45) is 5.11 Å². The number of likely N-dealkylation sites (tertiary alicyclic amines) is 1. The van der Waals surface area contributed by atoms with Crippen LogP contribution in [0.1, 0.15) is 126 Å². The monoisotopic (exact) mass is 875 g/mol. The van der Waals surface area contributed by atoms with E-state index in [1.165, 1.54) is 57.8 Å². The molecule has 0 spiro atoms. The molecule has 2 atom stereocenters. The van der Waals surface area contributed by atoms with Crippen LogP contribution in [0.2, 0.25) is 0 Å². The smallest absolute Gasteiger partial charge is 0.223 e. The van der Waals surface area contributed by atoms with E-state index in [9.17, 15) is 14.7 Å². The molecule has 1 aliphatic heterocycles. The minimum atomic E-state index is -1.01. The Bertz CT molecular complexity index is 1660. The number of β-amino-alcohol motifs (C(OH)–C–C–N with tert-alkyl or cyclic N) is 1. The quantitative estimate of drug-likeness (QED) is 0.0157. The van der Waals surface area contributed by atoms with Crippen LogP contribution in [-0.2, 0) is 19.9 Å². The number of amides is 2. The molecule has 2 N–H and O–H groups in total. The molecular weight excluding hydrogens is 807 g/mol. The number of carbonyl (C=O) groups excluding carboxylic acids is 2. The van der Waals surface area contributed by atoms with E-state index >= 15 is 0 Å². The summed E-state index contributed by atoms with van der Waals surface area (Å²) in [5.74, 6) is 3.30. The average Bonchev–Trinajstić information content (AvgIpc) is 3.68. The molecule has 3 aromatic rings. The second kappa shape index (κ2) is 29.4. The Morgan fingerprint density at radius 3 is 1.82 bits per heavy atom. The van der Waals surface area contributed by atoms with E-state index in [-0.39, 0.29) is 24.5 Å². The van der Waals surface area contributed by atoms with E-state index in [1.54, 1.807) is 40.7 Å². The Morgan fingerprint density at radius 2 is 1.26 bits per heavy atom. The number of azide groups is 1. The van der Waals surface area contributed by atoms with E-state index in [4.69, 9.17) is 19.7 Å². The molecular formula is C48H69N5O6S2. The van der Waals surface area contributed by atoms with E-state index in [2.05, 4.69) is 27.5 Å². The molecule has 0 radical (unpaired) electrons. The Kier molecular flexibility index (Phi) is 24.0. The van der Waals surface area contributed by atoms with Crippen molar-refractivity contribution in [2.45, 2.75) is 127 Å². The minimum absolute atomic E-state index is 0.0289. The number of benzene rings is 3. The van der Waals surface area contributed by atoms with Gasteiger partial charge in [0.15, 0.2) is 0 Å². The van der Waals surface area contributed by atoms with Crippen molar-refractivity contribution >= 4 is 33.4 Å². The van der Waals surface area contributed by atoms with Gasteiger partial charge in [-0.3, -0.25) is 9.59 Å². The fourth-order valence-corrected chi connectivity index (χ4v) is 9.97. The van der Waals surface area contributed by atoms with Crippen molar-refractivity contribution < 1.29 is 28.9 Å². The second-order valence-electron chi connectivity index (χ2n) is 15.8. The van der Waals surface area contributed by atoms with E-state index < -0.39 is 11.7 Å². The first-order chi connectivity index (χ1) is 29.9. The van der Waals surface area contributed by atoms with Crippen LogP contribution in [0.25, 0.3) is 10.4 Å². The van der Waals surface area contributed by atoms with Crippen LogP contribution < -0.4 is 14.8 Å². The van der Waals surface area contributed by atoms with Crippen LogP contribution in [0, 0.1) is 0 Å². The molecule has 0 aliphatic carbocycles. The van der Waals surface area contributed by atoms with Gasteiger partial charge in [0.1, 0.15) is 17.1 Å². The average molecular weight is 876 g/mol. The van der Waals surface area contributed by atoms with Crippen LogP contribution in [0.4, 0.5) is 0 Å². The fraction of sp³-hybridized carbons (Fsp3) is 0.583. The van der Waals surface area contributed by atoms with Crippen molar-refractivity contribution in [3.05, 3.63) is 106 Å². The third kappa shape index (κ3) is 17.4. The summed E-state index contributed by atoms with van der Waals surface area (Å²) in [5, 5.41) is 17.4. The summed E-state index contributed by atoms with van der Waals surface area (Å²) in [6.45, 7) is 1.80. The number of aliphatic hydroxyl groups excluding tert-OH is 1. The highest BCUT2D eigenvalue weighted by Crippen LogP contribution is 2.42. The molecule has 11 nitrogen and oxygen atoms in total. The molecule has 334 valence electrons. The zero-order valence-electron chi connectivity index (χ0n) is 36.5. The van der Waals surface area contributed by atoms with Crippen LogP contribution in [0.5, 0.6) is 11.5 Å². The van der Waals surface area contributed by atoms with Crippen LogP contribution in [-0.4, -0.2) is 85.9 Å². The molecule has 13 heteroatoms. The van der Waals surface area contributed by atoms with Crippen molar-refractivity contribution in [1.82, 2.24) is 10.2 Å². The van der Waals surface area contributed by atoms with Crippen LogP contribution >= 0.6 is 21.6 Å². The maximum absolute atomic E-state index is 13.6. The van der Waals surface area contributed by atoms with Gasteiger partial charge < -0.3 is 29.5 Å². The van der Waals surface area contributed by atoms with Crippen molar-refractivity contribution in [3.8, 4) is 11.5 Å². The van der Waals surface area contributed by atoms with Crippen LogP contribution in [0.3, 0.4) is 0 Å². The molecule has 0 bridgehead atoms. The molecule has 1 aliphatic rings. The summed E-state index contributed by atoms with van der Waals surface area (Å²) >= 11 is 0. The number of rotatable bonds is 32. The van der Waals surface area contributed by atoms with Gasteiger partial charge in [-0.2, -0.15) is 0 Å². The summed E-state index contributed by atoms with van der Waals surface area (Å²) in [5.41, 5.74) is 10.1. The molecule has 1 saturated heterocycles. The highest BCUT2D eigenvalue weighted by molar-refractivity contribution is 8.76. The summed E-state index contributed by atoms with van der Waals surface area (Å²) in [7, 11) is 6.75. The van der Waals surface area contributed by atoms with Gasteiger partial charge in [0.2, 0.25) is 11.8 Å². The van der Waals surface area contributed by atoms with Crippen molar-refractivity contribution in [3.63, 3.8) is 0 Å². The highest BCUT2D eigenvalue weighted by atomic mass is 33.1. The van der Waals surface area contributed by atoms with Crippen molar-refractivity contribution in [1.29, 1.82) is 0 Å². The first-order valence-electron chi connectivity index (χ1n) is 22.4. The van der Waals surface area contributed by atoms with Gasteiger partial charge in [-0.1, -0.05) is 152 Å². The molecule has 1 fully saturated rings. The molecule has 0 unspecified atom stereocenters. The molecule has 61 heavy (non-hydrogen) atoms. The number of aliphatic hydroxyl groups is 1. The molecule has 0 saturated carbocycles. The first kappa shape index (κ1) is 49.8.